The highest BCUT2D eigenvalue weighted by molar-refractivity contribution is 7.47. The van der Waals surface area contributed by atoms with Crippen LogP contribution < -0.4 is 0 Å². The third-order valence-corrected chi connectivity index (χ3v) is 18.8. The third-order valence-electron chi connectivity index (χ3n) is 16.9. The van der Waals surface area contributed by atoms with Gasteiger partial charge in [0, 0.05) is 25.7 Å². The number of aliphatic hydroxyl groups is 1. The zero-order valence-corrected chi connectivity index (χ0v) is 60.6. The second kappa shape index (κ2) is 66.7. The average Bonchev–Trinajstić information content (AvgIpc) is 3.07. The van der Waals surface area contributed by atoms with Crippen LogP contribution in [0.2, 0.25) is 0 Å². The fraction of sp³-hybridized carbons (Fsp3) is 0.944. The van der Waals surface area contributed by atoms with Gasteiger partial charge in [-0.25, -0.2) is 9.13 Å². The molecule has 0 aromatic rings. The van der Waals surface area contributed by atoms with E-state index in [-0.39, 0.29) is 25.7 Å². The number of hydrogen-bond acceptors (Lipinski definition) is 15. The molecule has 91 heavy (non-hydrogen) atoms. The zero-order valence-electron chi connectivity index (χ0n) is 58.8. The Labute approximate surface area is 556 Å². The van der Waals surface area contributed by atoms with E-state index in [1.807, 2.05) is 0 Å². The maximum absolute atomic E-state index is 13.0. The van der Waals surface area contributed by atoms with Crippen LogP contribution in [0.4, 0.5) is 0 Å². The molecule has 0 rings (SSSR count). The van der Waals surface area contributed by atoms with Crippen molar-refractivity contribution in [3.05, 3.63) is 0 Å². The maximum atomic E-state index is 13.0. The maximum Gasteiger partial charge on any atom is 0.472 e. The molecule has 0 amide bonds. The predicted octanol–water partition coefficient (Wildman–Crippen LogP) is 21.1. The van der Waals surface area contributed by atoms with E-state index in [1.165, 1.54) is 205 Å². The molecule has 0 aromatic carbocycles. The van der Waals surface area contributed by atoms with Crippen LogP contribution >= 0.6 is 15.6 Å². The van der Waals surface area contributed by atoms with E-state index in [2.05, 4.69) is 27.7 Å². The van der Waals surface area contributed by atoms with Gasteiger partial charge in [0.25, 0.3) is 0 Å². The topological polar surface area (TPSA) is 237 Å². The second-order valence-electron chi connectivity index (χ2n) is 26.0. The number of ether oxygens (including phenoxy) is 4. The van der Waals surface area contributed by atoms with E-state index in [9.17, 15) is 43.2 Å². The molecule has 0 fully saturated rings. The molecule has 0 saturated carbocycles. The first-order chi connectivity index (χ1) is 44.2. The largest absolute Gasteiger partial charge is 0.472 e. The molecule has 2 unspecified atom stereocenters. The van der Waals surface area contributed by atoms with E-state index in [4.69, 9.17) is 37.0 Å². The van der Waals surface area contributed by atoms with E-state index >= 15 is 0 Å². The van der Waals surface area contributed by atoms with Crippen molar-refractivity contribution in [2.75, 3.05) is 39.6 Å². The molecular weight excluding hydrogens is 1200 g/mol. The fourth-order valence-corrected chi connectivity index (χ4v) is 12.6. The quantitative estimate of drug-likeness (QED) is 0.0222. The molecule has 0 aliphatic carbocycles. The number of phosphoric ester groups is 2. The van der Waals surface area contributed by atoms with Gasteiger partial charge in [0.15, 0.2) is 12.2 Å². The summed E-state index contributed by atoms with van der Waals surface area (Å²) in [5.74, 6) is -2.13. The Morgan fingerprint density at radius 1 is 0.264 bits per heavy atom. The van der Waals surface area contributed by atoms with Crippen LogP contribution in [0, 0.1) is 0 Å². The lowest BCUT2D eigenvalue weighted by molar-refractivity contribution is -0.161. The lowest BCUT2D eigenvalue weighted by Crippen LogP contribution is -2.30. The number of carbonyl (C=O) groups excluding carboxylic acids is 4. The molecule has 540 valence electrons. The Morgan fingerprint density at radius 3 is 0.648 bits per heavy atom. The van der Waals surface area contributed by atoms with Crippen molar-refractivity contribution < 1.29 is 80.2 Å². The van der Waals surface area contributed by atoms with Gasteiger partial charge in [-0.05, 0) is 25.7 Å². The lowest BCUT2D eigenvalue weighted by Gasteiger charge is -2.21. The molecule has 0 aromatic heterocycles. The van der Waals surface area contributed by atoms with Crippen molar-refractivity contribution in [1.82, 2.24) is 0 Å². The van der Waals surface area contributed by atoms with Crippen molar-refractivity contribution in [2.45, 2.75) is 399 Å². The van der Waals surface area contributed by atoms with Gasteiger partial charge in [0.1, 0.15) is 19.3 Å². The summed E-state index contributed by atoms with van der Waals surface area (Å²) < 4.78 is 68.1. The van der Waals surface area contributed by atoms with Crippen LogP contribution in [-0.2, 0) is 65.4 Å². The molecule has 5 atom stereocenters. The number of unbranched alkanes of at least 4 members (excludes halogenated alkanes) is 47. The summed E-state index contributed by atoms with van der Waals surface area (Å²) in [6.45, 7) is 4.86. The van der Waals surface area contributed by atoms with E-state index in [0.717, 1.165) is 96.3 Å². The fourth-order valence-electron chi connectivity index (χ4n) is 11.0. The van der Waals surface area contributed by atoms with Gasteiger partial charge in [0.05, 0.1) is 26.4 Å². The SMILES string of the molecule is CCCCCCCCCCCCCCCCCCCCC(=O)OC[C@H](COP(=O)(O)OC[C@@H](O)COP(=O)(O)OC[C@@H](COC(=O)CCCCCCC)OC(=O)CCCCCCCCCCCC)OC(=O)CCCCCCCCCCCCCCCCCCCC. The first-order valence-electron chi connectivity index (χ1n) is 37.8. The van der Waals surface area contributed by atoms with Crippen molar-refractivity contribution in [3.8, 4) is 0 Å². The van der Waals surface area contributed by atoms with Crippen LogP contribution in [0.25, 0.3) is 0 Å². The van der Waals surface area contributed by atoms with E-state index in [0.29, 0.717) is 25.7 Å². The Morgan fingerprint density at radius 2 is 0.440 bits per heavy atom. The minimum absolute atomic E-state index is 0.106. The summed E-state index contributed by atoms with van der Waals surface area (Å²) in [5.41, 5.74) is 0. The van der Waals surface area contributed by atoms with Crippen LogP contribution in [0.3, 0.4) is 0 Å². The minimum atomic E-state index is -4.95. The van der Waals surface area contributed by atoms with Crippen LogP contribution in [-0.4, -0.2) is 96.7 Å². The molecule has 0 aliphatic heterocycles. The Kier molecular flexibility index (Phi) is 65.2. The second-order valence-corrected chi connectivity index (χ2v) is 28.9. The molecule has 3 N–H and O–H groups in total. The Balaban J connectivity index is 5.12. The zero-order chi connectivity index (χ0) is 66.8. The molecule has 0 bridgehead atoms. The van der Waals surface area contributed by atoms with Gasteiger partial charge >= 0.3 is 39.5 Å². The summed E-state index contributed by atoms with van der Waals surface area (Å²) in [5, 5.41) is 10.6. The van der Waals surface area contributed by atoms with Gasteiger partial charge in [-0.2, -0.15) is 0 Å². The molecule has 0 saturated heterocycles. The number of aliphatic hydroxyl groups excluding tert-OH is 1. The minimum Gasteiger partial charge on any atom is -0.462 e. The number of esters is 4. The summed E-state index contributed by atoms with van der Waals surface area (Å²) in [4.78, 5) is 72.3. The van der Waals surface area contributed by atoms with Crippen molar-refractivity contribution in [2.24, 2.45) is 0 Å². The first-order valence-corrected chi connectivity index (χ1v) is 40.8. The summed E-state index contributed by atoms with van der Waals surface area (Å²) in [7, 11) is -9.89. The van der Waals surface area contributed by atoms with E-state index < -0.39 is 97.5 Å². The molecule has 0 aliphatic rings. The van der Waals surface area contributed by atoms with Gasteiger partial charge < -0.3 is 33.8 Å². The molecule has 0 radical (unpaired) electrons. The lowest BCUT2D eigenvalue weighted by atomic mass is 10.0. The van der Waals surface area contributed by atoms with Crippen molar-refractivity contribution >= 4 is 39.5 Å². The first kappa shape index (κ1) is 89.1. The number of rotatable bonds is 73. The van der Waals surface area contributed by atoms with Crippen LogP contribution in [0.1, 0.15) is 381 Å². The number of phosphoric acid groups is 2. The smallest absolute Gasteiger partial charge is 0.462 e. The highest BCUT2D eigenvalue weighted by Crippen LogP contribution is 2.45. The van der Waals surface area contributed by atoms with E-state index in [1.54, 1.807) is 0 Å². The molecule has 17 nitrogen and oxygen atoms in total. The number of hydrogen-bond donors (Lipinski definition) is 3. The third kappa shape index (κ3) is 66.5. The normalized spacial score (nSPS) is 14.0. The summed E-state index contributed by atoms with van der Waals surface area (Å²) in [6, 6.07) is 0. The molecule has 0 heterocycles. The van der Waals surface area contributed by atoms with Gasteiger partial charge in [0.2, 0.25) is 0 Å². The standard InChI is InChI=1S/C72H140O17P2/c1-5-9-13-17-20-23-26-28-30-32-34-36-38-40-43-45-49-53-57-70(75)83-63-68(89-72(77)59-55-51-47-44-41-39-37-35-33-31-29-27-24-21-18-14-10-6-2)65-87-91(80,81)85-61-66(73)60-84-90(78,79)86-64-67(62-82-69(74)56-52-48-16-12-8-4)88-71(76)58-54-50-46-42-25-22-19-15-11-7-3/h66-68,73H,5-65H2,1-4H3,(H,78,79)(H,80,81)/t66-,67+,68+/m0/s1. The van der Waals surface area contributed by atoms with Crippen LogP contribution in [0.5, 0.6) is 0 Å². The van der Waals surface area contributed by atoms with Crippen molar-refractivity contribution in [3.63, 3.8) is 0 Å². The number of carbonyl (C=O) groups is 4. The predicted molar refractivity (Wildman–Crippen MR) is 368 cm³/mol. The van der Waals surface area contributed by atoms with Gasteiger partial charge in [-0.3, -0.25) is 37.3 Å². The van der Waals surface area contributed by atoms with Gasteiger partial charge in [-0.1, -0.05) is 329 Å². The monoisotopic (exact) mass is 1340 g/mol. The Bertz CT molecular complexity index is 1740. The van der Waals surface area contributed by atoms with Crippen LogP contribution in [0.15, 0.2) is 0 Å². The molecule has 0 spiro atoms. The highest BCUT2D eigenvalue weighted by Gasteiger charge is 2.30. The van der Waals surface area contributed by atoms with Crippen molar-refractivity contribution in [1.29, 1.82) is 0 Å². The summed E-state index contributed by atoms with van der Waals surface area (Å²) in [6.07, 6.45) is 56.0. The summed E-state index contributed by atoms with van der Waals surface area (Å²) >= 11 is 0. The molecular formula is C72H140O17P2. The Hall–Kier alpha value is -1.94. The highest BCUT2D eigenvalue weighted by atomic mass is 31.2. The molecule has 19 heteroatoms. The van der Waals surface area contributed by atoms with Gasteiger partial charge in [-0.15, -0.1) is 0 Å². The average molecular weight is 1340 g/mol.